The van der Waals surface area contributed by atoms with E-state index in [2.05, 4.69) is 18.6 Å². The van der Waals surface area contributed by atoms with Gasteiger partial charge in [0, 0.05) is 38.1 Å². The molecule has 0 saturated carbocycles. The van der Waals surface area contributed by atoms with Crippen LogP contribution in [-0.2, 0) is 6.61 Å². The van der Waals surface area contributed by atoms with Gasteiger partial charge in [0.05, 0.1) is 24.4 Å². The quantitative estimate of drug-likeness (QED) is 0.601. The van der Waals surface area contributed by atoms with Gasteiger partial charge in [-0.1, -0.05) is 12.1 Å². The number of rotatable bonds is 6. The van der Waals surface area contributed by atoms with Crippen LogP contribution in [0.3, 0.4) is 0 Å². The van der Waals surface area contributed by atoms with Crippen molar-refractivity contribution in [3.8, 4) is 11.6 Å². The molecule has 1 atom stereocenters. The molecule has 3 aromatic rings. The van der Waals surface area contributed by atoms with E-state index in [4.69, 9.17) is 9.47 Å². The number of benzene rings is 1. The van der Waals surface area contributed by atoms with Crippen LogP contribution in [0.1, 0.15) is 22.8 Å². The Balaban J connectivity index is 1.43. The van der Waals surface area contributed by atoms with Crippen molar-refractivity contribution in [3.05, 3.63) is 59.9 Å². The van der Waals surface area contributed by atoms with Gasteiger partial charge in [-0.15, -0.1) is 4.37 Å². The lowest BCUT2D eigenvalue weighted by Gasteiger charge is -2.40. The van der Waals surface area contributed by atoms with Gasteiger partial charge in [0.25, 0.3) is 11.8 Å². The van der Waals surface area contributed by atoms with E-state index in [1.807, 2.05) is 42.2 Å². The molecule has 0 radical (unpaired) electrons. The van der Waals surface area contributed by atoms with E-state index in [1.165, 1.54) is 0 Å². The van der Waals surface area contributed by atoms with Crippen LogP contribution in [0.5, 0.6) is 11.6 Å². The number of pyridine rings is 1. The number of piperazine rings is 1. The molecule has 3 heterocycles. The first kappa shape index (κ1) is 20.1. The monoisotopic (exact) mass is 425 g/mol. The minimum atomic E-state index is -0.0230. The molecule has 156 valence electrons. The van der Waals surface area contributed by atoms with Crippen molar-refractivity contribution >= 4 is 23.5 Å². The smallest absolute Gasteiger partial charge is 0.271 e. The minimum Gasteiger partial charge on any atom is -0.496 e. The Bertz CT molecular complexity index is 997. The number of carbonyl (C=O) groups is 1. The molecule has 1 aromatic carbocycles. The molecular weight excluding hydrogens is 402 g/mol. The Kier molecular flexibility index (Phi) is 6.08. The Morgan fingerprint density at radius 1 is 1.17 bits per heavy atom. The maximum Gasteiger partial charge on any atom is 0.271 e. The summed E-state index contributed by atoms with van der Waals surface area (Å²) in [7, 11) is 1.58. The maximum absolute atomic E-state index is 13.1. The zero-order chi connectivity index (χ0) is 20.9. The number of anilines is 1. The lowest BCUT2D eigenvalue weighted by molar-refractivity contribution is 0.0670. The summed E-state index contributed by atoms with van der Waals surface area (Å²) in [5.74, 6) is 1.82. The van der Waals surface area contributed by atoms with Crippen LogP contribution in [0.15, 0.2) is 48.8 Å². The summed E-state index contributed by atoms with van der Waals surface area (Å²) in [4.78, 5) is 21.1. The van der Waals surface area contributed by atoms with Crippen molar-refractivity contribution < 1.29 is 14.3 Å². The number of aromatic nitrogens is 3. The van der Waals surface area contributed by atoms with Gasteiger partial charge in [-0.2, -0.15) is 4.37 Å². The number of hydrogen-bond acceptors (Lipinski definition) is 8. The predicted octanol–water partition coefficient (Wildman–Crippen LogP) is 2.87. The van der Waals surface area contributed by atoms with Gasteiger partial charge in [-0.3, -0.25) is 9.78 Å². The third-order valence-electron chi connectivity index (χ3n) is 5.09. The second-order valence-electron chi connectivity index (χ2n) is 7.03. The molecule has 1 saturated heterocycles. The van der Waals surface area contributed by atoms with Gasteiger partial charge in [0.1, 0.15) is 12.4 Å². The fourth-order valence-corrected chi connectivity index (χ4v) is 4.04. The summed E-state index contributed by atoms with van der Waals surface area (Å²) in [6, 6.07) is 11.1. The summed E-state index contributed by atoms with van der Waals surface area (Å²) in [6.07, 6.45) is 3.47. The molecule has 1 aliphatic heterocycles. The van der Waals surface area contributed by atoms with E-state index in [0.717, 1.165) is 23.1 Å². The lowest BCUT2D eigenvalue weighted by atomic mass is 10.1. The number of ether oxygens (including phenoxy) is 2. The first-order chi connectivity index (χ1) is 14.7. The molecule has 0 bridgehead atoms. The summed E-state index contributed by atoms with van der Waals surface area (Å²) in [5.41, 5.74) is 1.60. The maximum atomic E-state index is 13.1. The average molecular weight is 426 g/mol. The fourth-order valence-electron chi connectivity index (χ4n) is 3.52. The first-order valence-electron chi connectivity index (χ1n) is 9.70. The molecule has 0 N–H and O–H groups in total. The van der Waals surface area contributed by atoms with Gasteiger partial charge in [-0.05, 0) is 36.8 Å². The molecule has 0 aliphatic carbocycles. The van der Waals surface area contributed by atoms with E-state index in [9.17, 15) is 4.79 Å². The highest BCUT2D eigenvalue weighted by molar-refractivity contribution is 6.99. The highest BCUT2D eigenvalue weighted by atomic mass is 32.1. The Morgan fingerprint density at radius 3 is 2.73 bits per heavy atom. The minimum absolute atomic E-state index is 0.00547. The van der Waals surface area contributed by atoms with Crippen LogP contribution in [-0.4, -0.2) is 57.3 Å². The zero-order valence-electron chi connectivity index (χ0n) is 16.9. The van der Waals surface area contributed by atoms with E-state index in [-0.39, 0.29) is 11.9 Å². The van der Waals surface area contributed by atoms with Crippen molar-refractivity contribution in [2.45, 2.75) is 19.6 Å². The highest BCUT2D eigenvalue weighted by Gasteiger charge is 2.31. The molecule has 9 heteroatoms. The fraction of sp³-hybridized carbons (Fsp3) is 0.333. The van der Waals surface area contributed by atoms with Crippen LogP contribution >= 0.6 is 11.7 Å². The second-order valence-corrected chi connectivity index (χ2v) is 7.56. The normalized spacial score (nSPS) is 16.4. The van der Waals surface area contributed by atoms with Crippen LogP contribution in [0.25, 0.3) is 0 Å². The molecule has 2 aromatic heterocycles. The summed E-state index contributed by atoms with van der Waals surface area (Å²) in [6.45, 7) is 4.33. The molecule has 8 nitrogen and oxygen atoms in total. The molecule has 4 rings (SSSR count). The van der Waals surface area contributed by atoms with Crippen LogP contribution < -0.4 is 14.4 Å². The van der Waals surface area contributed by atoms with E-state index in [1.54, 1.807) is 25.6 Å². The number of methoxy groups -OCH3 is 1. The first-order valence-corrected chi connectivity index (χ1v) is 10.4. The van der Waals surface area contributed by atoms with Gasteiger partial charge >= 0.3 is 0 Å². The van der Waals surface area contributed by atoms with Crippen molar-refractivity contribution in [3.63, 3.8) is 0 Å². The van der Waals surface area contributed by atoms with Crippen molar-refractivity contribution in [2.24, 2.45) is 0 Å². The topological polar surface area (TPSA) is 80.7 Å². The SMILES string of the molecule is COc1ccccc1C(=O)N1CCN(c2nsnc2OCc2ccncc2)CC1C. The Morgan fingerprint density at radius 2 is 1.97 bits per heavy atom. The summed E-state index contributed by atoms with van der Waals surface area (Å²) in [5, 5.41) is 0. The number of para-hydroxylation sites is 1. The summed E-state index contributed by atoms with van der Waals surface area (Å²) >= 11 is 1.13. The third-order valence-corrected chi connectivity index (χ3v) is 5.59. The summed E-state index contributed by atoms with van der Waals surface area (Å²) < 4.78 is 20.0. The van der Waals surface area contributed by atoms with Crippen LogP contribution in [0.2, 0.25) is 0 Å². The predicted molar refractivity (Wildman–Crippen MR) is 114 cm³/mol. The van der Waals surface area contributed by atoms with E-state index >= 15 is 0 Å². The molecular formula is C21H23N5O3S. The third kappa shape index (κ3) is 4.20. The van der Waals surface area contributed by atoms with Gasteiger partial charge in [0.15, 0.2) is 0 Å². The zero-order valence-corrected chi connectivity index (χ0v) is 17.7. The standard InChI is InChI=1S/C21H23N5O3S/c1-15-13-25(11-12-26(15)21(27)17-5-3-4-6-18(17)28-2)19-20(24-30-23-19)29-14-16-7-9-22-10-8-16/h3-10,15H,11-14H2,1-2H3. The van der Waals surface area contributed by atoms with E-state index in [0.29, 0.717) is 43.4 Å². The van der Waals surface area contributed by atoms with Crippen molar-refractivity contribution in [1.29, 1.82) is 0 Å². The van der Waals surface area contributed by atoms with Crippen molar-refractivity contribution in [1.82, 2.24) is 18.6 Å². The molecule has 1 aliphatic rings. The number of carbonyl (C=O) groups excluding carboxylic acids is 1. The van der Waals surface area contributed by atoms with Crippen LogP contribution in [0, 0.1) is 0 Å². The largest absolute Gasteiger partial charge is 0.496 e. The molecule has 0 spiro atoms. The Labute approximate surface area is 179 Å². The lowest BCUT2D eigenvalue weighted by Crippen LogP contribution is -2.54. The number of amides is 1. The number of nitrogens with zero attached hydrogens (tertiary/aromatic N) is 5. The van der Waals surface area contributed by atoms with Gasteiger partial charge in [0.2, 0.25) is 5.82 Å². The second kappa shape index (κ2) is 9.08. The van der Waals surface area contributed by atoms with Gasteiger partial charge in [-0.25, -0.2) is 0 Å². The Hall–Kier alpha value is -3.20. The van der Waals surface area contributed by atoms with Crippen LogP contribution in [0.4, 0.5) is 5.82 Å². The highest BCUT2D eigenvalue weighted by Crippen LogP contribution is 2.29. The molecule has 1 unspecified atom stereocenters. The molecule has 30 heavy (non-hydrogen) atoms. The van der Waals surface area contributed by atoms with E-state index < -0.39 is 0 Å². The molecule has 1 fully saturated rings. The van der Waals surface area contributed by atoms with Crippen molar-refractivity contribution in [2.75, 3.05) is 31.6 Å². The molecule has 1 amide bonds. The average Bonchev–Trinajstić information content (AvgIpc) is 3.26. The number of hydrogen-bond donors (Lipinski definition) is 0. The van der Waals surface area contributed by atoms with Gasteiger partial charge < -0.3 is 19.3 Å².